The number of halogens is 1. The number of aromatic nitrogens is 2. The summed E-state index contributed by atoms with van der Waals surface area (Å²) < 4.78 is 2.60. The maximum absolute atomic E-state index is 12.3. The lowest BCUT2D eigenvalue weighted by Gasteiger charge is -2.02. The van der Waals surface area contributed by atoms with E-state index in [0.29, 0.717) is 22.1 Å². The van der Waals surface area contributed by atoms with Gasteiger partial charge >= 0.3 is 0 Å². The summed E-state index contributed by atoms with van der Waals surface area (Å²) in [6.45, 7) is 0.369. The van der Waals surface area contributed by atoms with Gasteiger partial charge in [0.25, 0.3) is 5.91 Å². The van der Waals surface area contributed by atoms with Crippen LogP contribution in [-0.2, 0) is 13.6 Å². The molecule has 0 fully saturated rings. The van der Waals surface area contributed by atoms with E-state index in [2.05, 4.69) is 10.4 Å². The van der Waals surface area contributed by atoms with Crippen LogP contribution in [-0.4, -0.2) is 15.7 Å². The van der Waals surface area contributed by atoms with Crippen LogP contribution in [0.1, 0.15) is 15.4 Å². The normalized spacial score (nSPS) is 11.0. The molecular formula is C14H13ClN4OS. The third-order valence-electron chi connectivity index (χ3n) is 3.10. The highest BCUT2D eigenvalue weighted by atomic mass is 35.5. The number of benzene rings is 1. The van der Waals surface area contributed by atoms with Crippen molar-refractivity contribution in [3.05, 3.63) is 46.1 Å². The van der Waals surface area contributed by atoms with Gasteiger partial charge in [0, 0.05) is 28.4 Å². The van der Waals surface area contributed by atoms with E-state index in [1.54, 1.807) is 10.7 Å². The Morgan fingerprint density at radius 3 is 3.00 bits per heavy atom. The molecule has 3 N–H and O–H groups in total. The molecule has 21 heavy (non-hydrogen) atoms. The third-order valence-corrected chi connectivity index (χ3v) is 4.50. The molecule has 3 rings (SSSR count). The van der Waals surface area contributed by atoms with Gasteiger partial charge in [-0.05, 0) is 24.3 Å². The number of rotatable bonds is 3. The Balaban J connectivity index is 1.82. The highest BCUT2D eigenvalue weighted by Gasteiger charge is 2.16. The molecule has 0 aliphatic carbocycles. The van der Waals surface area contributed by atoms with E-state index in [0.717, 1.165) is 15.8 Å². The van der Waals surface area contributed by atoms with Crippen molar-refractivity contribution in [1.29, 1.82) is 0 Å². The SMILES string of the molecule is Cn1ccc(CNC(=O)c2sc3cc(Cl)ccc3c2N)n1. The zero-order chi connectivity index (χ0) is 15.0. The molecule has 2 aromatic heterocycles. The van der Waals surface area contributed by atoms with Crippen LogP contribution in [0.25, 0.3) is 10.1 Å². The molecule has 0 saturated carbocycles. The van der Waals surface area contributed by atoms with E-state index in [4.69, 9.17) is 17.3 Å². The number of nitrogens with zero attached hydrogens (tertiary/aromatic N) is 2. The van der Waals surface area contributed by atoms with Gasteiger partial charge in [-0.2, -0.15) is 5.10 Å². The monoisotopic (exact) mass is 320 g/mol. The van der Waals surface area contributed by atoms with Crippen LogP contribution in [0.15, 0.2) is 30.5 Å². The Kier molecular flexibility index (Phi) is 3.57. The number of amides is 1. The first-order valence-electron chi connectivity index (χ1n) is 6.29. The van der Waals surface area contributed by atoms with Crippen molar-refractivity contribution in [3.8, 4) is 0 Å². The van der Waals surface area contributed by atoms with Gasteiger partial charge in [-0.3, -0.25) is 9.48 Å². The first kappa shape index (κ1) is 13.9. The Morgan fingerprint density at radius 2 is 2.29 bits per heavy atom. The fourth-order valence-corrected chi connectivity index (χ4v) is 3.38. The smallest absolute Gasteiger partial charge is 0.263 e. The second-order valence-corrected chi connectivity index (χ2v) is 6.14. The summed E-state index contributed by atoms with van der Waals surface area (Å²) >= 11 is 7.30. The minimum absolute atomic E-state index is 0.199. The molecule has 1 aromatic carbocycles. The van der Waals surface area contributed by atoms with Crippen LogP contribution in [0.2, 0.25) is 5.02 Å². The molecule has 2 heterocycles. The first-order chi connectivity index (χ1) is 10.0. The van der Waals surface area contributed by atoms with Crippen molar-refractivity contribution in [2.75, 3.05) is 5.73 Å². The summed E-state index contributed by atoms with van der Waals surface area (Å²) in [5, 5.41) is 8.52. The first-order valence-corrected chi connectivity index (χ1v) is 7.48. The van der Waals surface area contributed by atoms with E-state index >= 15 is 0 Å². The summed E-state index contributed by atoms with van der Waals surface area (Å²) in [6.07, 6.45) is 1.83. The summed E-state index contributed by atoms with van der Waals surface area (Å²) in [5.74, 6) is -0.199. The van der Waals surface area contributed by atoms with E-state index in [-0.39, 0.29) is 5.91 Å². The Morgan fingerprint density at radius 1 is 1.48 bits per heavy atom. The van der Waals surface area contributed by atoms with Crippen molar-refractivity contribution in [2.45, 2.75) is 6.54 Å². The van der Waals surface area contributed by atoms with Gasteiger partial charge in [-0.25, -0.2) is 0 Å². The van der Waals surface area contributed by atoms with E-state index in [1.165, 1.54) is 11.3 Å². The molecule has 0 radical (unpaired) electrons. The fraction of sp³-hybridized carbons (Fsp3) is 0.143. The molecule has 0 bridgehead atoms. The maximum atomic E-state index is 12.3. The van der Waals surface area contributed by atoms with Crippen molar-refractivity contribution < 1.29 is 4.79 Å². The molecule has 0 unspecified atom stereocenters. The lowest BCUT2D eigenvalue weighted by atomic mass is 10.2. The standard InChI is InChI=1S/C14H13ClN4OS/c1-19-5-4-9(18-19)7-17-14(20)13-12(16)10-3-2-8(15)6-11(10)21-13/h2-6H,7,16H2,1H3,(H,17,20). The number of carbonyl (C=O) groups is 1. The Labute approximate surface area is 130 Å². The van der Waals surface area contributed by atoms with Gasteiger partial charge in [0.15, 0.2) is 0 Å². The molecule has 0 spiro atoms. The molecule has 0 aliphatic rings. The number of anilines is 1. The summed E-state index contributed by atoms with van der Waals surface area (Å²) in [6, 6.07) is 7.27. The van der Waals surface area contributed by atoms with Gasteiger partial charge in [0.2, 0.25) is 0 Å². The van der Waals surface area contributed by atoms with Crippen LogP contribution < -0.4 is 11.1 Å². The molecule has 5 nitrogen and oxygen atoms in total. The lowest BCUT2D eigenvalue weighted by molar-refractivity contribution is 0.0955. The number of nitrogens with one attached hydrogen (secondary N) is 1. The molecule has 0 atom stereocenters. The number of carbonyl (C=O) groups excluding carboxylic acids is 1. The number of nitrogens with two attached hydrogens (primary N) is 1. The molecule has 0 saturated heterocycles. The Hall–Kier alpha value is -2.05. The third kappa shape index (κ3) is 2.72. The van der Waals surface area contributed by atoms with Crippen molar-refractivity contribution >= 4 is 44.6 Å². The second-order valence-electron chi connectivity index (χ2n) is 4.65. The van der Waals surface area contributed by atoms with Crippen LogP contribution in [0.3, 0.4) is 0 Å². The van der Waals surface area contributed by atoms with Gasteiger partial charge < -0.3 is 11.1 Å². The number of aryl methyl sites for hydroxylation is 1. The van der Waals surface area contributed by atoms with Gasteiger partial charge in [-0.15, -0.1) is 11.3 Å². The number of thiophene rings is 1. The second kappa shape index (κ2) is 5.38. The van der Waals surface area contributed by atoms with Crippen molar-refractivity contribution in [2.24, 2.45) is 7.05 Å². The lowest BCUT2D eigenvalue weighted by Crippen LogP contribution is -2.23. The quantitative estimate of drug-likeness (QED) is 0.779. The van der Waals surface area contributed by atoms with Gasteiger partial charge in [0.05, 0.1) is 17.9 Å². The van der Waals surface area contributed by atoms with Crippen LogP contribution in [0.4, 0.5) is 5.69 Å². The average molecular weight is 321 g/mol. The van der Waals surface area contributed by atoms with E-state index < -0.39 is 0 Å². The average Bonchev–Trinajstić information content (AvgIpc) is 3.00. The van der Waals surface area contributed by atoms with Gasteiger partial charge in [0.1, 0.15) is 4.88 Å². The zero-order valence-corrected chi connectivity index (χ0v) is 12.8. The molecule has 108 valence electrons. The summed E-state index contributed by atoms with van der Waals surface area (Å²) in [4.78, 5) is 12.8. The topological polar surface area (TPSA) is 72.9 Å². The maximum Gasteiger partial charge on any atom is 0.263 e. The predicted octanol–water partition coefficient (Wildman–Crippen LogP) is 2.80. The number of hydrogen-bond acceptors (Lipinski definition) is 4. The highest BCUT2D eigenvalue weighted by molar-refractivity contribution is 7.21. The largest absolute Gasteiger partial charge is 0.397 e. The van der Waals surface area contributed by atoms with Crippen LogP contribution in [0, 0.1) is 0 Å². The minimum Gasteiger partial charge on any atom is -0.397 e. The summed E-state index contributed by atoms with van der Waals surface area (Å²) in [5.41, 5.74) is 7.34. The molecule has 0 aliphatic heterocycles. The Bertz CT molecular complexity index is 824. The number of fused-ring (bicyclic) bond motifs is 1. The highest BCUT2D eigenvalue weighted by Crippen LogP contribution is 2.35. The number of nitrogen functional groups attached to an aromatic ring is 1. The molecule has 1 amide bonds. The van der Waals surface area contributed by atoms with E-state index in [1.807, 2.05) is 31.4 Å². The minimum atomic E-state index is -0.199. The van der Waals surface area contributed by atoms with Gasteiger partial charge in [-0.1, -0.05) is 11.6 Å². The summed E-state index contributed by atoms with van der Waals surface area (Å²) in [7, 11) is 1.83. The number of hydrogen-bond donors (Lipinski definition) is 2. The molecule has 7 heteroatoms. The van der Waals surface area contributed by atoms with Crippen LogP contribution >= 0.6 is 22.9 Å². The van der Waals surface area contributed by atoms with Crippen molar-refractivity contribution in [1.82, 2.24) is 15.1 Å². The van der Waals surface area contributed by atoms with Crippen LogP contribution in [0.5, 0.6) is 0 Å². The van der Waals surface area contributed by atoms with Crippen molar-refractivity contribution in [3.63, 3.8) is 0 Å². The fourth-order valence-electron chi connectivity index (χ4n) is 2.07. The molecular weight excluding hydrogens is 308 g/mol. The predicted molar refractivity (Wildman–Crippen MR) is 85.6 cm³/mol. The zero-order valence-electron chi connectivity index (χ0n) is 11.3. The molecule has 3 aromatic rings. The van der Waals surface area contributed by atoms with E-state index in [9.17, 15) is 4.79 Å².